The molecule has 0 unspecified atom stereocenters. The Hall–Kier alpha value is -3.58. The highest BCUT2D eigenvalue weighted by Gasteiger charge is 2.20. The van der Waals surface area contributed by atoms with Gasteiger partial charge in [0.05, 0.1) is 16.4 Å². The molecule has 29 heavy (non-hydrogen) atoms. The van der Waals surface area contributed by atoms with Gasteiger partial charge in [0, 0.05) is 0 Å². The Morgan fingerprint density at radius 3 is 2.55 bits per heavy atom. The third kappa shape index (κ3) is 4.64. The van der Waals surface area contributed by atoms with Gasteiger partial charge < -0.3 is 4.74 Å². The number of carbonyl (C=O) groups is 1. The van der Waals surface area contributed by atoms with E-state index in [1.165, 1.54) is 28.5 Å². The number of nitrogens with zero attached hydrogens (tertiary/aromatic N) is 3. The molecule has 5 nitrogen and oxygen atoms in total. The monoisotopic (exact) mass is 405 g/mol. The average Bonchev–Trinajstić information content (AvgIpc) is 3.16. The first-order valence-electron chi connectivity index (χ1n) is 8.85. The Bertz CT molecular complexity index is 1150. The number of hydrogen-bond acceptors (Lipinski definition) is 5. The summed E-state index contributed by atoms with van der Waals surface area (Å²) >= 11 is 1.19. The van der Waals surface area contributed by atoms with Gasteiger partial charge in [0.1, 0.15) is 11.6 Å². The minimum atomic E-state index is -0.388. The van der Waals surface area contributed by atoms with Crippen molar-refractivity contribution in [3.05, 3.63) is 90.2 Å². The third-order valence-electron chi connectivity index (χ3n) is 3.98. The normalized spacial score (nSPS) is 11.1. The predicted molar refractivity (Wildman–Crippen MR) is 113 cm³/mol. The molecule has 0 N–H and O–H groups in total. The van der Waals surface area contributed by atoms with Crippen LogP contribution in [0.2, 0.25) is 0 Å². The summed E-state index contributed by atoms with van der Waals surface area (Å²) in [6, 6.07) is 22.8. The van der Waals surface area contributed by atoms with Gasteiger partial charge >= 0.3 is 0 Å². The standard InChI is InChI=1S/C22H16FN3O2S/c23-17-11-12-19-20(13-17)29-22(25-19)26(24-14-16-7-3-1-4-8-16)21(27)15-28-18-9-5-2-6-10-18/h1-14H,15H2/b24-14+. The molecule has 0 aliphatic carbocycles. The molecule has 1 aromatic heterocycles. The van der Waals surface area contributed by atoms with Crippen LogP contribution in [0.5, 0.6) is 5.75 Å². The predicted octanol–water partition coefficient (Wildman–Crippen LogP) is 4.88. The number of hydrogen-bond donors (Lipinski definition) is 0. The van der Waals surface area contributed by atoms with Gasteiger partial charge in [0.2, 0.25) is 5.13 Å². The molecule has 144 valence electrons. The maximum atomic E-state index is 13.5. The number of ether oxygens (including phenoxy) is 1. The Kier molecular flexibility index (Phi) is 5.58. The van der Waals surface area contributed by atoms with E-state index in [1.54, 1.807) is 24.4 Å². The van der Waals surface area contributed by atoms with Crippen LogP contribution in [0.25, 0.3) is 10.2 Å². The number of benzene rings is 3. The van der Waals surface area contributed by atoms with E-state index in [1.807, 2.05) is 48.5 Å². The van der Waals surface area contributed by atoms with Crippen molar-refractivity contribution in [2.24, 2.45) is 5.10 Å². The van der Waals surface area contributed by atoms with Crippen LogP contribution < -0.4 is 9.75 Å². The molecular formula is C22H16FN3O2S. The Morgan fingerprint density at radius 2 is 1.79 bits per heavy atom. The van der Waals surface area contributed by atoms with Crippen LogP contribution in [0.15, 0.2) is 84.0 Å². The number of para-hydroxylation sites is 1. The van der Waals surface area contributed by atoms with E-state index in [0.717, 1.165) is 5.56 Å². The fourth-order valence-corrected chi connectivity index (χ4v) is 3.55. The molecule has 3 aromatic carbocycles. The zero-order valence-corrected chi connectivity index (χ0v) is 16.1. The topological polar surface area (TPSA) is 54.8 Å². The minimum Gasteiger partial charge on any atom is -0.484 e. The van der Waals surface area contributed by atoms with Gasteiger partial charge in [-0.1, -0.05) is 59.9 Å². The summed E-state index contributed by atoms with van der Waals surface area (Å²) in [4.78, 5) is 17.3. The number of anilines is 1. The molecule has 0 aliphatic heterocycles. The van der Waals surface area contributed by atoms with Crippen molar-refractivity contribution in [3.8, 4) is 5.75 Å². The molecule has 0 spiro atoms. The number of amides is 1. The summed E-state index contributed by atoms with van der Waals surface area (Å²) in [5.74, 6) is -0.162. The minimum absolute atomic E-state index is 0.208. The van der Waals surface area contributed by atoms with E-state index in [0.29, 0.717) is 21.1 Å². The number of carbonyl (C=O) groups excluding carboxylic acids is 1. The van der Waals surface area contributed by atoms with E-state index in [2.05, 4.69) is 10.1 Å². The molecule has 0 bridgehead atoms. The molecule has 0 radical (unpaired) electrons. The highest BCUT2D eigenvalue weighted by atomic mass is 32.1. The van der Waals surface area contributed by atoms with Crippen LogP contribution >= 0.6 is 11.3 Å². The molecule has 0 fully saturated rings. The lowest BCUT2D eigenvalue weighted by molar-refractivity contribution is -0.120. The van der Waals surface area contributed by atoms with Gasteiger partial charge in [-0.2, -0.15) is 10.1 Å². The van der Waals surface area contributed by atoms with Crippen LogP contribution in [-0.4, -0.2) is 23.7 Å². The van der Waals surface area contributed by atoms with Crippen molar-refractivity contribution in [3.63, 3.8) is 0 Å². The van der Waals surface area contributed by atoms with Crippen LogP contribution in [0, 0.1) is 5.82 Å². The van der Waals surface area contributed by atoms with E-state index in [4.69, 9.17) is 4.74 Å². The fourth-order valence-electron chi connectivity index (χ4n) is 2.58. The average molecular weight is 405 g/mol. The van der Waals surface area contributed by atoms with Gasteiger partial charge in [-0.25, -0.2) is 9.37 Å². The molecule has 0 aliphatic rings. The number of halogens is 1. The molecule has 1 amide bonds. The largest absolute Gasteiger partial charge is 0.484 e. The fraction of sp³-hybridized carbons (Fsp3) is 0.0455. The quantitative estimate of drug-likeness (QED) is 0.339. The van der Waals surface area contributed by atoms with Crippen molar-refractivity contribution < 1.29 is 13.9 Å². The molecule has 0 saturated carbocycles. The zero-order valence-electron chi connectivity index (χ0n) is 15.2. The van der Waals surface area contributed by atoms with Crippen molar-refractivity contribution in [2.75, 3.05) is 11.6 Å². The van der Waals surface area contributed by atoms with Crippen LogP contribution in [0.1, 0.15) is 5.56 Å². The first-order chi connectivity index (χ1) is 14.2. The molecule has 7 heteroatoms. The second-order valence-corrected chi connectivity index (χ2v) is 7.08. The maximum absolute atomic E-state index is 13.5. The van der Waals surface area contributed by atoms with E-state index < -0.39 is 0 Å². The highest BCUT2D eigenvalue weighted by molar-refractivity contribution is 7.22. The molecule has 4 aromatic rings. The molecule has 1 heterocycles. The number of hydrazone groups is 1. The van der Waals surface area contributed by atoms with Crippen LogP contribution in [0.3, 0.4) is 0 Å². The summed E-state index contributed by atoms with van der Waals surface area (Å²) in [7, 11) is 0. The number of thiazole rings is 1. The van der Waals surface area contributed by atoms with Crippen molar-refractivity contribution in [1.82, 2.24) is 4.98 Å². The van der Waals surface area contributed by atoms with Gasteiger partial charge in [0.15, 0.2) is 6.61 Å². The maximum Gasteiger partial charge on any atom is 0.287 e. The molecule has 0 saturated heterocycles. The Labute approximate surface area is 170 Å². The molecular weight excluding hydrogens is 389 g/mol. The molecule has 0 atom stereocenters. The van der Waals surface area contributed by atoms with Crippen molar-refractivity contribution >= 4 is 38.8 Å². The smallest absolute Gasteiger partial charge is 0.287 e. The summed E-state index contributed by atoms with van der Waals surface area (Å²) in [5.41, 5.74) is 1.43. The van der Waals surface area contributed by atoms with E-state index in [9.17, 15) is 9.18 Å². The van der Waals surface area contributed by atoms with Crippen molar-refractivity contribution in [1.29, 1.82) is 0 Å². The number of fused-ring (bicyclic) bond motifs is 1. The highest BCUT2D eigenvalue weighted by Crippen LogP contribution is 2.29. The van der Waals surface area contributed by atoms with Gasteiger partial charge in [-0.15, -0.1) is 0 Å². The Morgan fingerprint density at radius 1 is 1.07 bits per heavy atom. The van der Waals surface area contributed by atoms with Gasteiger partial charge in [0.25, 0.3) is 5.91 Å². The first kappa shape index (κ1) is 18.8. The summed E-state index contributed by atoms with van der Waals surface area (Å²) in [6.45, 7) is -0.208. The lowest BCUT2D eigenvalue weighted by Crippen LogP contribution is -2.30. The van der Waals surface area contributed by atoms with Crippen LogP contribution in [-0.2, 0) is 4.79 Å². The zero-order chi connectivity index (χ0) is 20.1. The third-order valence-corrected chi connectivity index (χ3v) is 4.98. The van der Waals surface area contributed by atoms with E-state index in [-0.39, 0.29) is 18.3 Å². The SMILES string of the molecule is O=C(COc1ccccc1)N(/N=C/c1ccccc1)c1nc2ccc(F)cc2s1. The second-order valence-electron chi connectivity index (χ2n) is 6.07. The summed E-state index contributed by atoms with van der Waals surface area (Å²) in [5, 5.41) is 5.87. The van der Waals surface area contributed by atoms with Gasteiger partial charge in [-0.05, 0) is 35.9 Å². The van der Waals surface area contributed by atoms with Crippen LogP contribution in [0.4, 0.5) is 9.52 Å². The summed E-state index contributed by atoms with van der Waals surface area (Å²) in [6.07, 6.45) is 1.58. The lowest BCUT2D eigenvalue weighted by atomic mass is 10.2. The lowest BCUT2D eigenvalue weighted by Gasteiger charge is -2.14. The number of aromatic nitrogens is 1. The van der Waals surface area contributed by atoms with Gasteiger partial charge in [-0.3, -0.25) is 4.79 Å². The molecule has 4 rings (SSSR count). The second kappa shape index (κ2) is 8.62. The van der Waals surface area contributed by atoms with E-state index >= 15 is 0 Å². The first-order valence-corrected chi connectivity index (χ1v) is 9.66. The van der Waals surface area contributed by atoms with Crippen molar-refractivity contribution in [2.45, 2.75) is 0 Å². The Balaban J connectivity index is 1.62. The number of rotatable bonds is 6. The summed E-state index contributed by atoms with van der Waals surface area (Å²) < 4.78 is 19.7.